The van der Waals surface area contributed by atoms with Gasteiger partial charge in [0, 0.05) is 54.2 Å². The van der Waals surface area contributed by atoms with Gasteiger partial charge in [-0.3, -0.25) is 0 Å². The molecule has 0 amide bonds. The SMILES string of the molecule is Oc1cc(-c2cccc3c2oc2ccccc23)c2ccc3c(-c4cccc5c4oc4ccccc45)cc(O)c4ccc1c2c43. The molecular weight excluding hydrogens is 544 g/mol. The number of benzene rings is 8. The summed E-state index contributed by atoms with van der Waals surface area (Å²) in [4.78, 5) is 0. The van der Waals surface area contributed by atoms with Crippen molar-refractivity contribution < 1.29 is 19.0 Å². The van der Waals surface area contributed by atoms with Crippen molar-refractivity contribution in [2.45, 2.75) is 0 Å². The average Bonchev–Trinajstić information content (AvgIpc) is 3.64. The van der Waals surface area contributed by atoms with E-state index >= 15 is 0 Å². The van der Waals surface area contributed by atoms with E-state index in [4.69, 9.17) is 8.83 Å². The molecule has 0 aliphatic heterocycles. The highest BCUT2D eigenvalue weighted by Crippen LogP contribution is 2.49. The Bertz CT molecular complexity index is 2600. The van der Waals surface area contributed by atoms with Crippen LogP contribution in [0.5, 0.6) is 11.5 Å². The van der Waals surface area contributed by atoms with Crippen LogP contribution >= 0.6 is 0 Å². The van der Waals surface area contributed by atoms with Crippen LogP contribution in [0.25, 0.3) is 98.4 Å². The molecule has 0 saturated heterocycles. The van der Waals surface area contributed by atoms with Crippen molar-refractivity contribution in [2.75, 3.05) is 0 Å². The van der Waals surface area contributed by atoms with E-state index in [2.05, 4.69) is 36.4 Å². The lowest BCUT2D eigenvalue weighted by Crippen LogP contribution is -1.91. The number of hydrogen-bond acceptors (Lipinski definition) is 4. The zero-order valence-electron chi connectivity index (χ0n) is 23.3. The summed E-state index contributed by atoms with van der Waals surface area (Å²) in [6.07, 6.45) is 0. The van der Waals surface area contributed by atoms with Gasteiger partial charge < -0.3 is 19.0 Å². The highest BCUT2D eigenvalue weighted by Gasteiger charge is 2.22. The van der Waals surface area contributed by atoms with Crippen molar-refractivity contribution in [3.05, 3.63) is 121 Å². The largest absolute Gasteiger partial charge is 0.507 e. The Morgan fingerprint density at radius 3 is 1.23 bits per heavy atom. The van der Waals surface area contributed by atoms with Crippen LogP contribution in [0.3, 0.4) is 0 Å². The maximum atomic E-state index is 11.5. The Hall–Kier alpha value is -6.00. The molecule has 0 saturated carbocycles. The van der Waals surface area contributed by atoms with Crippen molar-refractivity contribution in [1.82, 2.24) is 0 Å². The van der Waals surface area contributed by atoms with Crippen LogP contribution < -0.4 is 0 Å². The molecular formula is C40H22O4. The van der Waals surface area contributed by atoms with Gasteiger partial charge >= 0.3 is 0 Å². The van der Waals surface area contributed by atoms with E-state index in [0.717, 1.165) is 98.4 Å². The molecule has 2 heterocycles. The van der Waals surface area contributed by atoms with Crippen LogP contribution in [0.15, 0.2) is 130 Å². The first-order valence-electron chi connectivity index (χ1n) is 14.6. The van der Waals surface area contributed by atoms with Crippen LogP contribution in [-0.2, 0) is 0 Å². The summed E-state index contributed by atoms with van der Waals surface area (Å²) in [6, 6.07) is 40.1. The first-order valence-corrected chi connectivity index (χ1v) is 14.6. The second-order valence-corrected chi connectivity index (χ2v) is 11.5. The molecule has 44 heavy (non-hydrogen) atoms. The Balaban J connectivity index is 1.33. The fraction of sp³-hybridized carbons (Fsp3) is 0. The molecule has 0 unspecified atom stereocenters. The van der Waals surface area contributed by atoms with Gasteiger partial charge in [-0.05, 0) is 58.3 Å². The van der Waals surface area contributed by atoms with Crippen molar-refractivity contribution in [1.29, 1.82) is 0 Å². The minimum atomic E-state index is 0.180. The molecule has 0 radical (unpaired) electrons. The molecule has 0 aliphatic rings. The van der Waals surface area contributed by atoms with Crippen LogP contribution in [0.4, 0.5) is 0 Å². The molecule has 10 rings (SSSR count). The quantitative estimate of drug-likeness (QED) is 0.204. The third-order valence-electron chi connectivity index (χ3n) is 9.24. The molecule has 4 nitrogen and oxygen atoms in total. The molecule has 0 fully saturated rings. The third kappa shape index (κ3) is 2.96. The predicted octanol–water partition coefficient (Wildman–Crippen LogP) is 11.1. The number of furan rings is 2. The van der Waals surface area contributed by atoms with Gasteiger partial charge in [0.15, 0.2) is 0 Å². The van der Waals surface area contributed by atoms with Gasteiger partial charge in [-0.25, -0.2) is 0 Å². The van der Waals surface area contributed by atoms with Crippen molar-refractivity contribution in [3.8, 4) is 33.8 Å². The monoisotopic (exact) mass is 566 g/mol. The second kappa shape index (κ2) is 8.30. The number of fused-ring (bicyclic) bond motifs is 6. The summed E-state index contributed by atoms with van der Waals surface area (Å²) in [5.41, 5.74) is 6.77. The van der Waals surface area contributed by atoms with E-state index < -0.39 is 0 Å². The van der Waals surface area contributed by atoms with Gasteiger partial charge in [0.2, 0.25) is 0 Å². The fourth-order valence-electron chi connectivity index (χ4n) is 7.32. The van der Waals surface area contributed by atoms with E-state index in [1.54, 1.807) is 0 Å². The van der Waals surface area contributed by atoms with Crippen molar-refractivity contribution in [2.24, 2.45) is 0 Å². The van der Waals surface area contributed by atoms with Gasteiger partial charge in [0.25, 0.3) is 0 Å². The Labute approximate surface area is 249 Å². The van der Waals surface area contributed by atoms with Gasteiger partial charge in [-0.2, -0.15) is 0 Å². The number of para-hydroxylation sites is 4. The summed E-state index contributed by atoms with van der Waals surface area (Å²) in [5, 5.41) is 32.3. The molecule has 0 spiro atoms. The summed E-state index contributed by atoms with van der Waals surface area (Å²) >= 11 is 0. The minimum absolute atomic E-state index is 0.180. The Kier molecular flexibility index (Phi) is 4.44. The second-order valence-electron chi connectivity index (χ2n) is 11.5. The smallest absolute Gasteiger partial charge is 0.143 e. The normalized spacial score (nSPS) is 12.3. The molecule has 8 aromatic carbocycles. The summed E-state index contributed by atoms with van der Waals surface area (Å²) in [6.45, 7) is 0. The van der Waals surface area contributed by atoms with Gasteiger partial charge in [0.05, 0.1) is 0 Å². The van der Waals surface area contributed by atoms with E-state index in [9.17, 15) is 10.2 Å². The lowest BCUT2D eigenvalue weighted by molar-refractivity contribution is 0.481. The maximum absolute atomic E-state index is 11.5. The number of aromatic hydroxyl groups is 2. The summed E-state index contributed by atoms with van der Waals surface area (Å²) in [7, 11) is 0. The number of rotatable bonds is 2. The van der Waals surface area contributed by atoms with Crippen LogP contribution in [0.1, 0.15) is 0 Å². The van der Waals surface area contributed by atoms with Gasteiger partial charge in [-0.1, -0.05) is 84.9 Å². The van der Waals surface area contributed by atoms with E-state index in [1.165, 1.54) is 0 Å². The van der Waals surface area contributed by atoms with Crippen molar-refractivity contribution in [3.63, 3.8) is 0 Å². The first-order chi connectivity index (χ1) is 21.7. The Morgan fingerprint density at radius 1 is 0.341 bits per heavy atom. The minimum Gasteiger partial charge on any atom is -0.507 e. The molecule has 206 valence electrons. The highest BCUT2D eigenvalue weighted by atomic mass is 16.3. The highest BCUT2D eigenvalue weighted by molar-refractivity contribution is 6.31. The summed E-state index contributed by atoms with van der Waals surface area (Å²) < 4.78 is 12.8. The van der Waals surface area contributed by atoms with E-state index in [1.807, 2.05) is 84.9 Å². The Morgan fingerprint density at radius 2 is 0.750 bits per heavy atom. The molecule has 0 bridgehead atoms. The number of phenols is 2. The average molecular weight is 567 g/mol. The van der Waals surface area contributed by atoms with Crippen molar-refractivity contribution >= 4 is 76.2 Å². The van der Waals surface area contributed by atoms with Gasteiger partial charge in [-0.15, -0.1) is 0 Å². The zero-order chi connectivity index (χ0) is 29.1. The van der Waals surface area contributed by atoms with E-state index in [0.29, 0.717) is 0 Å². The van der Waals surface area contributed by atoms with Crippen LogP contribution in [0.2, 0.25) is 0 Å². The number of hydrogen-bond donors (Lipinski definition) is 2. The predicted molar refractivity (Wildman–Crippen MR) is 179 cm³/mol. The lowest BCUT2D eigenvalue weighted by atomic mass is 9.86. The fourth-order valence-corrected chi connectivity index (χ4v) is 7.32. The van der Waals surface area contributed by atoms with E-state index in [-0.39, 0.29) is 11.5 Å². The first kappa shape index (κ1) is 23.6. The molecule has 2 aromatic heterocycles. The molecule has 2 N–H and O–H groups in total. The number of phenolic OH excluding ortho intramolecular Hbond substituents is 2. The molecule has 10 aromatic rings. The standard InChI is InChI=1S/C40H22O4/c41-33-19-31(27-11-5-9-25-21-7-1-3-13-35(21)43-39(25)27)23-15-16-24-32(20-34(42)30-18-17-29(33)37(23)38(24)30)28-12-6-10-26-22-8-2-4-14-36(22)44-40(26)28/h1-20,41-42H. The lowest BCUT2D eigenvalue weighted by Gasteiger charge is -2.18. The third-order valence-corrected chi connectivity index (χ3v) is 9.24. The van der Waals surface area contributed by atoms with Crippen LogP contribution in [0, 0.1) is 0 Å². The molecule has 0 atom stereocenters. The summed E-state index contributed by atoms with van der Waals surface area (Å²) in [5.74, 6) is 0.360. The van der Waals surface area contributed by atoms with Gasteiger partial charge in [0.1, 0.15) is 33.8 Å². The topological polar surface area (TPSA) is 66.7 Å². The van der Waals surface area contributed by atoms with Crippen LogP contribution in [-0.4, -0.2) is 10.2 Å². The molecule has 4 heteroatoms. The maximum Gasteiger partial charge on any atom is 0.143 e. The molecule has 0 aliphatic carbocycles. The zero-order valence-corrected chi connectivity index (χ0v) is 23.3.